The van der Waals surface area contributed by atoms with Crippen molar-refractivity contribution in [2.24, 2.45) is 47.3 Å². The van der Waals surface area contributed by atoms with E-state index in [4.69, 9.17) is 109 Å². The number of hydrogen-bond donors (Lipinski definition) is 0. The molecule has 6 unspecified atom stereocenters. The highest BCUT2D eigenvalue weighted by molar-refractivity contribution is 7.50. The third-order valence-electron chi connectivity index (χ3n) is 14.4. The van der Waals surface area contributed by atoms with Crippen molar-refractivity contribution in [3.63, 3.8) is 0 Å². The van der Waals surface area contributed by atoms with Gasteiger partial charge >= 0.3 is 62.6 Å². The SMILES string of the molecule is CC(C)COP1(=O)OC(C)(C)C(C)(C)O1.CC(C)COP1(=O)OC(C)(C)CC(C)(C)O1.CC(C)COP1(=O)OC(C)C(C)O1.CC(C)COP1(=O)OC(C)CC(C)O1.CC(C)COP1(=O)OCC(C)(C)O1.CC(C)COP1(=O)OCCC(C)(C)O1.CC(C)COP1(=O)OCCCO1.CC(C)COP1(=O)OCCO1. The van der Waals surface area contributed by atoms with E-state index in [9.17, 15) is 36.5 Å². The van der Waals surface area contributed by atoms with Crippen LogP contribution in [0.1, 0.15) is 247 Å². The maximum absolute atomic E-state index is 12.3. The number of hydrogen-bond acceptors (Lipinski definition) is 32. The summed E-state index contributed by atoms with van der Waals surface area (Å²) in [6, 6.07) is 0. The van der Waals surface area contributed by atoms with Crippen molar-refractivity contribution >= 4 is 62.6 Å². The zero-order valence-electron chi connectivity index (χ0n) is 71.3. The molecule has 0 aromatic carbocycles. The largest absolute Gasteiger partial charge is 0.476 e. The molecule has 0 spiro atoms. The maximum atomic E-state index is 12.3. The van der Waals surface area contributed by atoms with Gasteiger partial charge in [0.05, 0.1) is 139 Å². The summed E-state index contributed by atoms with van der Waals surface area (Å²) in [5, 5.41) is 0. The van der Waals surface area contributed by atoms with Gasteiger partial charge in [-0.3, -0.25) is 109 Å². The topological polar surface area (TPSA) is 358 Å². The molecule has 0 amide bonds. The Morgan fingerprint density at radius 3 is 0.843 bits per heavy atom. The van der Waals surface area contributed by atoms with Crippen LogP contribution in [0.4, 0.5) is 0 Å². The standard InChI is InChI=1S/C11H23O4P.C10H21O4P.2C9H19O4P.2C8H17O4P.C7H15O4P.C6H13O4P/c1-9(2)7-13-16(12)14-10(3,4)8-11(5,6)15-16;1-8(2)7-12-15(11)13-9(3,4)10(5,6)14-15;1-7(2)6-11-14(10)12-8(3)5-9(4)13-14;1-8(2)7-12-14(10)11-6-5-9(3,4)13-14;1-7(2)5-10-13(9)11-6-8(3,4)12-13;1-6(2)5-10-13(9)11-7(3)8(4)12-13;1-7(2)6-11-12(8)9-4-3-5-10-12;1-6(2)5-10-11(7)8-3-4-9-11/h9H,7-8H2,1-6H3;8H,7H2,1-6H3;7-9H,5-6H2,1-4H3;8H,5-7H2,1-4H3;7H,5-6H2,1-4H3;6-8H,5H2,1-4H3;7H,3-6H2,1-2H3;6H,3-5H2,1-2H3. The van der Waals surface area contributed by atoms with E-state index in [1.54, 1.807) is 0 Å². The van der Waals surface area contributed by atoms with Crippen LogP contribution in [0.15, 0.2) is 0 Å². The van der Waals surface area contributed by atoms with Crippen molar-refractivity contribution < 1.29 is 145 Å². The van der Waals surface area contributed by atoms with Crippen LogP contribution in [0.25, 0.3) is 0 Å². The normalized spacial score (nSPS) is 30.6. The average molecular weight is 1720 g/mol. The van der Waals surface area contributed by atoms with Crippen molar-refractivity contribution in [3.8, 4) is 0 Å². The first-order chi connectivity index (χ1) is 48.9. The van der Waals surface area contributed by atoms with Gasteiger partial charge in [-0.15, -0.1) is 0 Å². The van der Waals surface area contributed by atoms with Crippen LogP contribution in [0.5, 0.6) is 0 Å². The fourth-order valence-corrected chi connectivity index (χ4v) is 22.5. The maximum Gasteiger partial charge on any atom is 0.476 e. The van der Waals surface area contributed by atoms with Gasteiger partial charge < -0.3 is 0 Å². The molecule has 0 N–H and O–H groups in total. The summed E-state index contributed by atoms with van der Waals surface area (Å²) in [6.07, 6.45) is 2.55. The molecule has 32 nitrogen and oxygen atoms in total. The highest BCUT2D eigenvalue weighted by atomic mass is 31.2. The van der Waals surface area contributed by atoms with E-state index in [0.29, 0.717) is 146 Å². The van der Waals surface area contributed by atoms with E-state index in [1.807, 2.05) is 222 Å². The van der Waals surface area contributed by atoms with Gasteiger partial charge in [-0.1, -0.05) is 111 Å². The Balaban J connectivity index is 0.000000618. The zero-order valence-corrected chi connectivity index (χ0v) is 78.5. The van der Waals surface area contributed by atoms with Gasteiger partial charge in [0.2, 0.25) is 0 Å². The number of phosphoric ester groups is 8. The zero-order chi connectivity index (χ0) is 83.6. The summed E-state index contributed by atoms with van der Waals surface area (Å²) in [6.45, 7) is 67.2. The molecule has 0 aliphatic carbocycles. The molecule has 8 saturated heterocycles. The van der Waals surface area contributed by atoms with Gasteiger partial charge in [-0.05, 0) is 165 Å². The Hall–Kier alpha value is 0.880. The molecule has 0 bridgehead atoms. The van der Waals surface area contributed by atoms with Crippen LogP contribution in [0.2, 0.25) is 0 Å². The lowest BCUT2D eigenvalue weighted by atomic mass is 9.90. The molecule has 6 atom stereocenters. The minimum Gasteiger partial charge on any atom is -0.287 e. The smallest absolute Gasteiger partial charge is 0.287 e. The minimum atomic E-state index is -3.41. The van der Waals surface area contributed by atoms with E-state index in [2.05, 4.69) is 0 Å². The fourth-order valence-electron chi connectivity index (χ4n) is 8.71. The van der Waals surface area contributed by atoms with Crippen molar-refractivity contribution in [2.45, 2.75) is 305 Å². The first-order valence-electron chi connectivity index (χ1n) is 37.7. The minimum absolute atomic E-state index is 0.0586. The summed E-state index contributed by atoms with van der Waals surface area (Å²) in [5.41, 5.74) is -3.06. The Morgan fingerprint density at radius 2 is 0.537 bits per heavy atom. The van der Waals surface area contributed by atoms with E-state index in [-0.39, 0.29) is 24.4 Å². The second-order valence-corrected chi connectivity index (χ2v) is 46.8. The van der Waals surface area contributed by atoms with Crippen LogP contribution < -0.4 is 0 Å². The molecule has 8 aliphatic heterocycles. The second-order valence-electron chi connectivity index (χ2n) is 34.1. The van der Waals surface area contributed by atoms with E-state index >= 15 is 0 Å². The Bertz CT molecular complexity index is 2870. The summed E-state index contributed by atoms with van der Waals surface area (Å²) >= 11 is 0. The lowest BCUT2D eigenvalue weighted by Gasteiger charge is -2.43. The van der Waals surface area contributed by atoms with Crippen LogP contribution in [-0.2, 0) is 145 Å². The highest BCUT2D eigenvalue weighted by Crippen LogP contribution is 2.66. The molecule has 648 valence electrons. The van der Waals surface area contributed by atoms with Gasteiger partial charge in [-0.25, -0.2) is 36.5 Å². The molecule has 8 aliphatic rings. The first-order valence-corrected chi connectivity index (χ1v) is 49.4. The predicted octanol–water partition coefficient (Wildman–Crippen LogP) is 22.3. The average Bonchev–Trinajstić information content (AvgIpc) is 1.54. The quantitative estimate of drug-likeness (QED) is 0.0810. The first kappa shape index (κ1) is 107. The summed E-state index contributed by atoms with van der Waals surface area (Å²) in [4.78, 5) is 0. The molecule has 8 fully saturated rings. The molecule has 8 rings (SSSR count). The Morgan fingerprint density at radius 1 is 0.287 bits per heavy atom. The van der Waals surface area contributed by atoms with Crippen molar-refractivity contribution in [1.29, 1.82) is 0 Å². The van der Waals surface area contributed by atoms with E-state index in [0.717, 1.165) is 19.3 Å². The lowest BCUT2D eigenvalue weighted by Crippen LogP contribution is -2.41. The Kier molecular flexibility index (Phi) is 46.0. The summed E-state index contributed by atoms with van der Waals surface area (Å²) in [5.74, 6) is 2.56. The van der Waals surface area contributed by atoms with Crippen LogP contribution in [-0.4, -0.2) is 151 Å². The lowest BCUT2D eigenvalue weighted by molar-refractivity contribution is -0.0906. The highest BCUT2D eigenvalue weighted by Gasteiger charge is 2.57. The van der Waals surface area contributed by atoms with Gasteiger partial charge in [0, 0.05) is 19.3 Å². The number of phosphoric acid groups is 8. The van der Waals surface area contributed by atoms with Gasteiger partial charge in [-0.2, -0.15) is 0 Å². The third kappa shape index (κ3) is 45.7. The summed E-state index contributed by atoms with van der Waals surface area (Å²) in [7, 11) is -26.1. The van der Waals surface area contributed by atoms with Crippen molar-refractivity contribution in [3.05, 3.63) is 0 Å². The molecule has 0 radical (unpaired) electrons. The third-order valence-corrected chi connectivity index (χ3v) is 27.7. The molecule has 0 aromatic heterocycles. The summed E-state index contributed by atoms with van der Waals surface area (Å²) < 4.78 is 218. The molecule has 8 heterocycles. The monoisotopic (exact) mass is 1720 g/mol. The van der Waals surface area contributed by atoms with Gasteiger partial charge in [0.1, 0.15) is 11.2 Å². The molecular weight excluding hydrogens is 1580 g/mol. The molecular formula is C68H144O32P8. The van der Waals surface area contributed by atoms with Crippen molar-refractivity contribution in [2.75, 3.05) is 92.5 Å². The van der Waals surface area contributed by atoms with Crippen LogP contribution in [0.3, 0.4) is 0 Å². The fraction of sp³-hybridized carbons (Fsp3) is 1.00. The molecule has 40 heteroatoms. The predicted molar refractivity (Wildman–Crippen MR) is 415 cm³/mol. The molecule has 0 saturated carbocycles. The number of rotatable bonds is 24. The molecule has 108 heavy (non-hydrogen) atoms. The van der Waals surface area contributed by atoms with E-state index in [1.165, 1.54) is 0 Å². The van der Waals surface area contributed by atoms with Crippen LogP contribution >= 0.6 is 62.6 Å². The van der Waals surface area contributed by atoms with Crippen LogP contribution in [0, 0.1) is 47.3 Å². The van der Waals surface area contributed by atoms with Gasteiger partial charge in [0.25, 0.3) is 0 Å². The Labute approximate surface area is 649 Å². The molecule has 0 aromatic rings. The van der Waals surface area contributed by atoms with Crippen molar-refractivity contribution in [1.82, 2.24) is 0 Å². The van der Waals surface area contributed by atoms with E-state index < -0.39 is 96.2 Å². The van der Waals surface area contributed by atoms with Gasteiger partial charge in [0.15, 0.2) is 0 Å². The second kappa shape index (κ2) is 46.5.